The van der Waals surface area contributed by atoms with Gasteiger partial charge in [0.05, 0.1) is 13.2 Å². The van der Waals surface area contributed by atoms with Crippen LogP contribution in [0.25, 0.3) is 0 Å². The fourth-order valence-electron chi connectivity index (χ4n) is 1.57. The summed E-state index contributed by atoms with van der Waals surface area (Å²) in [6.45, 7) is 2.40. The summed E-state index contributed by atoms with van der Waals surface area (Å²) in [4.78, 5) is 0. The van der Waals surface area contributed by atoms with Crippen LogP contribution in [0.3, 0.4) is 0 Å². The Balaban J connectivity index is 3.61. The van der Waals surface area contributed by atoms with Gasteiger partial charge in [0.25, 0.3) is 0 Å². The van der Waals surface area contributed by atoms with Gasteiger partial charge < -0.3 is 15.3 Å². The maximum Gasteiger partial charge on any atom is 0.0509 e. The Kier molecular flexibility index (Phi) is 8.14. The van der Waals surface area contributed by atoms with Crippen LogP contribution in [0.5, 0.6) is 0 Å². The molecule has 0 saturated carbocycles. The molecular weight excluding hydrogens is 180 g/mol. The molecule has 3 heteroatoms. The zero-order valence-electron chi connectivity index (χ0n) is 9.21. The van der Waals surface area contributed by atoms with Crippen LogP contribution in [0, 0.1) is 5.41 Å². The highest BCUT2D eigenvalue weighted by Gasteiger charge is 2.25. The second kappa shape index (κ2) is 8.21. The maximum absolute atomic E-state index is 9.18. The number of rotatable bonds is 9. The van der Waals surface area contributed by atoms with Crippen LogP contribution in [-0.2, 0) is 0 Å². The van der Waals surface area contributed by atoms with Crippen molar-refractivity contribution >= 4 is 0 Å². The Morgan fingerprint density at radius 1 is 0.857 bits per heavy atom. The van der Waals surface area contributed by atoms with E-state index in [1.54, 1.807) is 0 Å². The molecule has 86 valence electrons. The van der Waals surface area contributed by atoms with E-state index in [0.717, 1.165) is 38.5 Å². The minimum Gasteiger partial charge on any atom is -0.396 e. The third kappa shape index (κ3) is 4.94. The molecule has 0 saturated heterocycles. The van der Waals surface area contributed by atoms with Gasteiger partial charge in [-0.3, -0.25) is 0 Å². The van der Waals surface area contributed by atoms with E-state index in [-0.39, 0.29) is 25.2 Å². The first-order chi connectivity index (χ1) is 6.74. The Labute approximate surface area is 86.8 Å². The normalized spacial score (nSPS) is 12.0. The van der Waals surface area contributed by atoms with Crippen molar-refractivity contribution in [2.45, 2.75) is 45.4 Å². The molecule has 0 rings (SSSR count). The van der Waals surface area contributed by atoms with Crippen LogP contribution in [0.15, 0.2) is 0 Å². The lowest BCUT2D eigenvalue weighted by molar-refractivity contribution is 0.0415. The summed E-state index contributed by atoms with van der Waals surface area (Å²) in [5.74, 6) is 0. The van der Waals surface area contributed by atoms with Crippen LogP contribution in [0.2, 0.25) is 0 Å². The summed E-state index contributed by atoms with van der Waals surface area (Å²) in [5.41, 5.74) is -0.279. The summed E-state index contributed by atoms with van der Waals surface area (Å²) in [7, 11) is 0. The highest BCUT2D eigenvalue weighted by Crippen LogP contribution is 2.27. The summed E-state index contributed by atoms with van der Waals surface area (Å²) >= 11 is 0. The summed E-state index contributed by atoms with van der Waals surface area (Å²) in [6.07, 6.45) is 5.68. The molecule has 0 amide bonds. The van der Waals surface area contributed by atoms with Crippen molar-refractivity contribution in [1.82, 2.24) is 0 Å². The van der Waals surface area contributed by atoms with Crippen molar-refractivity contribution in [2.75, 3.05) is 19.8 Å². The van der Waals surface area contributed by atoms with E-state index in [1.807, 2.05) is 6.92 Å². The molecule has 0 aliphatic heterocycles. The van der Waals surface area contributed by atoms with Gasteiger partial charge >= 0.3 is 0 Å². The van der Waals surface area contributed by atoms with E-state index >= 15 is 0 Å². The molecule has 0 unspecified atom stereocenters. The monoisotopic (exact) mass is 204 g/mol. The van der Waals surface area contributed by atoms with Crippen LogP contribution in [-0.4, -0.2) is 35.1 Å². The Morgan fingerprint density at radius 3 is 1.86 bits per heavy atom. The topological polar surface area (TPSA) is 60.7 Å². The molecule has 14 heavy (non-hydrogen) atoms. The summed E-state index contributed by atoms with van der Waals surface area (Å²) < 4.78 is 0. The minimum absolute atomic E-state index is 0.0694. The van der Waals surface area contributed by atoms with Crippen LogP contribution in [0.1, 0.15) is 45.4 Å². The van der Waals surface area contributed by atoms with Crippen molar-refractivity contribution in [3.05, 3.63) is 0 Å². The van der Waals surface area contributed by atoms with Gasteiger partial charge in [-0.15, -0.1) is 0 Å². The molecule has 0 atom stereocenters. The Hall–Kier alpha value is -0.120. The van der Waals surface area contributed by atoms with Gasteiger partial charge in [-0.1, -0.05) is 26.2 Å². The number of unbranched alkanes of at least 4 members (excludes halogenated alkanes) is 3. The molecule has 0 aromatic rings. The fourth-order valence-corrected chi connectivity index (χ4v) is 1.57. The molecule has 0 bridgehead atoms. The van der Waals surface area contributed by atoms with Crippen LogP contribution in [0.4, 0.5) is 0 Å². The van der Waals surface area contributed by atoms with Crippen molar-refractivity contribution in [1.29, 1.82) is 0 Å². The molecular formula is C11H24O3. The first-order valence-corrected chi connectivity index (χ1v) is 5.57. The number of hydrogen-bond acceptors (Lipinski definition) is 3. The average molecular weight is 204 g/mol. The summed E-state index contributed by atoms with van der Waals surface area (Å²) in [5, 5.41) is 26.9. The SMILES string of the molecule is CCC(CO)(CO)CCCCCCO. The van der Waals surface area contributed by atoms with Gasteiger partial charge in [0.15, 0.2) is 0 Å². The maximum atomic E-state index is 9.18. The molecule has 0 aromatic heterocycles. The quantitative estimate of drug-likeness (QED) is 0.496. The lowest BCUT2D eigenvalue weighted by Crippen LogP contribution is -2.28. The van der Waals surface area contributed by atoms with Crippen molar-refractivity contribution in [2.24, 2.45) is 5.41 Å². The van der Waals surface area contributed by atoms with Crippen molar-refractivity contribution < 1.29 is 15.3 Å². The third-order valence-corrected chi connectivity index (χ3v) is 3.04. The van der Waals surface area contributed by atoms with E-state index in [0.29, 0.717) is 0 Å². The van der Waals surface area contributed by atoms with Gasteiger partial charge in [-0.25, -0.2) is 0 Å². The predicted octanol–water partition coefficient (Wildman–Crippen LogP) is 1.31. The highest BCUT2D eigenvalue weighted by atomic mass is 16.3. The zero-order chi connectivity index (χ0) is 10.9. The lowest BCUT2D eigenvalue weighted by atomic mass is 9.81. The van der Waals surface area contributed by atoms with Gasteiger partial charge in [0.2, 0.25) is 0 Å². The first kappa shape index (κ1) is 13.9. The van der Waals surface area contributed by atoms with E-state index < -0.39 is 0 Å². The van der Waals surface area contributed by atoms with Gasteiger partial charge in [-0.2, -0.15) is 0 Å². The number of aliphatic hydroxyl groups excluding tert-OH is 3. The molecule has 3 nitrogen and oxygen atoms in total. The van der Waals surface area contributed by atoms with Gasteiger partial charge in [0, 0.05) is 12.0 Å². The number of hydrogen-bond donors (Lipinski definition) is 3. The van der Waals surface area contributed by atoms with Gasteiger partial charge in [-0.05, 0) is 19.3 Å². The molecule has 0 aromatic carbocycles. The molecule has 0 fully saturated rings. The van der Waals surface area contributed by atoms with Gasteiger partial charge in [0.1, 0.15) is 0 Å². The Morgan fingerprint density at radius 2 is 1.43 bits per heavy atom. The van der Waals surface area contributed by atoms with E-state index in [9.17, 15) is 10.2 Å². The van der Waals surface area contributed by atoms with Crippen molar-refractivity contribution in [3.63, 3.8) is 0 Å². The molecule has 0 heterocycles. The lowest BCUT2D eigenvalue weighted by Gasteiger charge is -2.28. The second-order valence-corrected chi connectivity index (χ2v) is 4.06. The minimum atomic E-state index is -0.279. The Bertz CT molecular complexity index is 113. The van der Waals surface area contributed by atoms with E-state index in [2.05, 4.69) is 0 Å². The van der Waals surface area contributed by atoms with Crippen molar-refractivity contribution in [3.8, 4) is 0 Å². The predicted molar refractivity (Wildman–Crippen MR) is 57.1 cm³/mol. The second-order valence-electron chi connectivity index (χ2n) is 4.06. The molecule has 0 aliphatic rings. The molecule has 0 radical (unpaired) electrons. The average Bonchev–Trinajstić information content (AvgIpc) is 2.24. The van der Waals surface area contributed by atoms with E-state index in [4.69, 9.17) is 5.11 Å². The number of aliphatic hydroxyl groups is 3. The molecule has 0 spiro atoms. The first-order valence-electron chi connectivity index (χ1n) is 5.57. The fraction of sp³-hybridized carbons (Fsp3) is 1.00. The molecule has 0 aliphatic carbocycles. The highest BCUT2D eigenvalue weighted by molar-refractivity contribution is 4.75. The third-order valence-electron chi connectivity index (χ3n) is 3.04. The largest absolute Gasteiger partial charge is 0.396 e. The molecule has 3 N–H and O–H groups in total. The van der Waals surface area contributed by atoms with Crippen LogP contribution < -0.4 is 0 Å². The standard InChI is InChI=1S/C11H24O3/c1-2-11(9-13,10-14)7-5-3-4-6-8-12/h12-14H,2-10H2,1H3. The van der Waals surface area contributed by atoms with Crippen LogP contribution >= 0.6 is 0 Å². The van der Waals surface area contributed by atoms with E-state index in [1.165, 1.54) is 0 Å². The summed E-state index contributed by atoms with van der Waals surface area (Å²) in [6, 6.07) is 0. The smallest absolute Gasteiger partial charge is 0.0509 e. The zero-order valence-corrected chi connectivity index (χ0v) is 9.21.